The van der Waals surface area contributed by atoms with Crippen LogP contribution in [0.5, 0.6) is 0 Å². The quantitative estimate of drug-likeness (QED) is 0.489. The lowest BCUT2D eigenvalue weighted by molar-refractivity contribution is -0.233. The first-order valence-corrected chi connectivity index (χ1v) is 6.05. The second-order valence-corrected chi connectivity index (χ2v) is 4.52. The SMILES string of the molecule is CC(=O)Nc1cc(F)ccc1SCCC(=O)OO. The largest absolute Gasteiger partial charge is 0.342 e. The maximum atomic E-state index is 13.0. The number of rotatable bonds is 5. The maximum absolute atomic E-state index is 13.0. The van der Waals surface area contributed by atoms with Gasteiger partial charge in [-0.25, -0.2) is 9.18 Å². The van der Waals surface area contributed by atoms with Crippen LogP contribution in [0.4, 0.5) is 10.1 Å². The van der Waals surface area contributed by atoms with E-state index in [-0.39, 0.29) is 12.3 Å². The third-order valence-corrected chi connectivity index (χ3v) is 2.99. The minimum absolute atomic E-state index is 0.0120. The van der Waals surface area contributed by atoms with Crippen LogP contribution in [0.25, 0.3) is 0 Å². The molecule has 2 N–H and O–H groups in total. The van der Waals surface area contributed by atoms with Gasteiger partial charge in [0.05, 0.1) is 12.1 Å². The molecular weight excluding hydrogens is 261 g/mol. The highest BCUT2D eigenvalue weighted by atomic mass is 32.2. The summed E-state index contributed by atoms with van der Waals surface area (Å²) in [5, 5.41) is 10.6. The van der Waals surface area contributed by atoms with Crippen molar-refractivity contribution >= 4 is 29.3 Å². The summed E-state index contributed by atoms with van der Waals surface area (Å²) in [5.74, 6) is -1.17. The van der Waals surface area contributed by atoms with Crippen LogP contribution in [0, 0.1) is 5.82 Å². The van der Waals surface area contributed by atoms with Crippen molar-refractivity contribution in [3.8, 4) is 0 Å². The number of thioether (sulfide) groups is 1. The number of anilines is 1. The summed E-state index contributed by atoms with van der Waals surface area (Å²) in [6, 6.07) is 3.97. The highest BCUT2D eigenvalue weighted by Crippen LogP contribution is 2.28. The number of hydrogen-bond acceptors (Lipinski definition) is 5. The van der Waals surface area contributed by atoms with Gasteiger partial charge < -0.3 is 10.2 Å². The average Bonchev–Trinajstić information content (AvgIpc) is 2.31. The van der Waals surface area contributed by atoms with Gasteiger partial charge in [-0.15, -0.1) is 11.8 Å². The van der Waals surface area contributed by atoms with E-state index < -0.39 is 11.8 Å². The van der Waals surface area contributed by atoms with Gasteiger partial charge in [0, 0.05) is 17.6 Å². The smallest absolute Gasteiger partial charge is 0.325 e. The van der Waals surface area contributed by atoms with E-state index in [1.54, 1.807) is 0 Å². The van der Waals surface area contributed by atoms with Crippen LogP contribution in [0.1, 0.15) is 13.3 Å². The molecule has 0 spiro atoms. The first-order valence-electron chi connectivity index (χ1n) is 5.07. The van der Waals surface area contributed by atoms with Crippen molar-refractivity contribution in [2.45, 2.75) is 18.2 Å². The number of halogens is 1. The Morgan fingerprint density at radius 2 is 2.22 bits per heavy atom. The van der Waals surface area contributed by atoms with Crippen molar-refractivity contribution in [3.05, 3.63) is 24.0 Å². The van der Waals surface area contributed by atoms with Crippen LogP contribution in [0.2, 0.25) is 0 Å². The molecule has 0 saturated heterocycles. The molecular formula is C11H12FNO4S. The molecule has 1 rings (SSSR count). The molecule has 0 unspecified atom stereocenters. The highest BCUT2D eigenvalue weighted by Gasteiger charge is 2.08. The lowest BCUT2D eigenvalue weighted by Gasteiger charge is -2.09. The van der Waals surface area contributed by atoms with Gasteiger partial charge in [-0.3, -0.25) is 4.79 Å². The van der Waals surface area contributed by atoms with Crippen molar-refractivity contribution in [3.63, 3.8) is 0 Å². The summed E-state index contributed by atoms with van der Waals surface area (Å²) < 4.78 is 13.0. The molecule has 0 saturated carbocycles. The summed E-state index contributed by atoms with van der Waals surface area (Å²) in [4.78, 5) is 25.8. The van der Waals surface area contributed by atoms with E-state index in [2.05, 4.69) is 10.2 Å². The van der Waals surface area contributed by atoms with Crippen LogP contribution < -0.4 is 5.32 Å². The van der Waals surface area contributed by atoms with Crippen LogP contribution in [0.15, 0.2) is 23.1 Å². The van der Waals surface area contributed by atoms with Gasteiger partial charge >= 0.3 is 5.97 Å². The lowest BCUT2D eigenvalue weighted by Crippen LogP contribution is -2.07. The molecule has 98 valence electrons. The number of hydrogen-bond donors (Lipinski definition) is 2. The molecule has 0 atom stereocenters. The highest BCUT2D eigenvalue weighted by molar-refractivity contribution is 7.99. The molecule has 0 bridgehead atoms. The Morgan fingerprint density at radius 1 is 1.50 bits per heavy atom. The van der Waals surface area contributed by atoms with Crippen molar-refractivity contribution in [2.75, 3.05) is 11.1 Å². The van der Waals surface area contributed by atoms with Crippen LogP contribution in [0.3, 0.4) is 0 Å². The van der Waals surface area contributed by atoms with E-state index in [1.807, 2.05) is 0 Å². The molecule has 0 heterocycles. The second-order valence-electron chi connectivity index (χ2n) is 3.38. The molecule has 0 aliphatic carbocycles. The van der Waals surface area contributed by atoms with E-state index in [9.17, 15) is 14.0 Å². The topological polar surface area (TPSA) is 75.6 Å². The number of carbonyl (C=O) groups excluding carboxylic acids is 2. The van der Waals surface area contributed by atoms with Gasteiger partial charge in [0.1, 0.15) is 5.82 Å². The predicted molar refractivity (Wildman–Crippen MR) is 64.8 cm³/mol. The minimum Gasteiger partial charge on any atom is -0.325 e. The van der Waals surface area contributed by atoms with Crippen molar-refractivity contribution in [2.24, 2.45) is 0 Å². The van der Waals surface area contributed by atoms with E-state index in [0.29, 0.717) is 16.3 Å². The summed E-state index contributed by atoms with van der Waals surface area (Å²) in [6.07, 6.45) is 0.0120. The summed E-state index contributed by atoms with van der Waals surface area (Å²) >= 11 is 1.25. The Bertz CT molecular complexity index is 453. The van der Waals surface area contributed by atoms with Gasteiger partial charge in [0.25, 0.3) is 0 Å². The molecule has 1 amide bonds. The van der Waals surface area contributed by atoms with Gasteiger partial charge in [0.15, 0.2) is 0 Å². The number of nitrogens with one attached hydrogen (secondary N) is 1. The Labute approximate surface area is 107 Å². The van der Waals surface area contributed by atoms with E-state index in [0.717, 1.165) is 0 Å². The third kappa shape index (κ3) is 4.72. The van der Waals surface area contributed by atoms with Gasteiger partial charge in [-0.05, 0) is 18.2 Å². The molecule has 0 aliphatic rings. The fourth-order valence-electron chi connectivity index (χ4n) is 1.21. The molecule has 7 heteroatoms. The fourth-order valence-corrected chi connectivity index (χ4v) is 2.12. The number of benzene rings is 1. The molecule has 0 aliphatic heterocycles. The number of carbonyl (C=O) groups is 2. The zero-order valence-electron chi connectivity index (χ0n) is 9.60. The van der Waals surface area contributed by atoms with Crippen LogP contribution in [-0.2, 0) is 14.5 Å². The Balaban J connectivity index is 2.68. The fraction of sp³-hybridized carbons (Fsp3) is 0.273. The predicted octanol–water partition coefficient (Wildman–Crippen LogP) is 2.28. The average molecular weight is 273 g/mol. The van der Waals surface area contributed by atoms with Crippen molar-refractivity contribution in [1.82, 2.24) is 0 Å². The molecule has 0 aromatic heterocycles. The Hall–Kier alpha value is -1.60. The molecule has 1 aromatic rings. The summed E-state index contributed by atoms with van der Waals surface area (Å²) in [7, 11) is 0. The Kier molecular flexibility index (Phi) is 5.60. The Morgan fingerprint density at radius 3 is 2.83 bits per heavy atom. The molecule has 0 radical (unpaired) electrons. The minimum atomic E-state index is -0.745. The molecule has 18 heavy (non-hydrogen) atoms. The molecule has 5 nitrogen and oxygen atoms in total. The zero-order chi connectivity index (χ0) is 13.5. The summed E-state index contributed by atoms with van der Waals surface area (Å²) in [5.41, 5.74) is 0.352. The first-order chi connectivity index (χ1) is 8.52. The van der Waals surface area contributed by atoms with Crippen LogP contribution in [-0.4, -0.2) is 22.9 Å². The summed E-state index contributed by atoms with van der Waals surface area (Å²) in [6.45, 7) is 1.32. The number of amides is 1. The van der Waals surface area contributed by atoms with E-state index in [1.165, 1.54) is 36.9 Å². The van der Waals surface area contributed by atoms with Gasteiger partial charge in [-0.2, -0.15) is 5.26 Å². The standard InChI is InChI=1S/C11H12FNO4S/c1-7(14)13-9-6-8(12)2-3-10(9)18-5-4-11(15)17-16/h2-3,6,16H,4-5H2,1H3,(H,13,14). The van der Waals surface area contributed by atoms with Gasteiger partial charge in [0.2, 0.25) is 5.91 Å². The van der Waals surface area contributed by atoms with Gasteiger partial charge in [-0.1, -0.05) is 0 Å². The normalized spacial score (nSPS) is 9.94. The zero-order valence-corrected chi connectivity index (χ0v) is 10.4. The first kappa shape index (κ1) is 14.5. The van der Waals surface area contributed by atoms with Crippen molar-refractivity contribution in [1.29, 1.82) is 0 Å². The second kappa shape index (κ2) is 6.97. The van der Waals surface area contributed by atoms with Crippen LogP contribution >= 0.6 is 11.8 Å². The lowest BCUT2D eigenvalue weighted by atomic mass is 10.3. The van der Waals surface area contributed by atoms with E-state index >= 15 is 0 Å². The van der Waals surface area contributed by atoms with E-state index in [4.69, 9.17) is 5.26 Å². The molecule has 1 aromatic carbocycles. The third-order valence-electron chi connectivity index (χ3n) is 1.92. The van der Waals surface area contributed by atoms with Crippen molar-refractivity contribution < 1.29 is 24.1 Å². The maximum Gasteiger partial charge on any atom is 0.342 e. The molecule has 0 fully saturated rings. The monoisotopic (exact) mass is 273 g/mol.